The van der Waals surface area contributed by atoms with Crippen LogP contribution < -0.4 is 10.4 Å². The number of amides is 3. The SMILES string of the molecule is Cc1cc(C[N@+]2(C(=O)[O-])CCC(N3CCc4ccccc4NC3=O)CC2(CC=O)N2CCN(C3CCCCCC3)CC2)cc(C)c1O. The number of aryl methyl sites for hydroxylation is 2. The van der Waals surface area contributed by atoms with Crippen molar-refractivity contribution in [2.75, 3.05) is 44.6 Å². The molecule has 0 aromatic heterocycles. The molecule has 1 saturated carbocycles. The summed E-state index contributed by atoms with van der Waals surface area (Å²) in [6.45, 7) is 7.45. The maximum atomic E-state index is 13.7. The van der Waals surface area contributed by atoms with E-state index in [9.17, 15) is 24.6 Å². The first-order valence-corrected chi connectivity index (χ1v) is 17.6. The number of fused-ring (bicyclic) bond motifs is 1. The van der Waals surface area contributed by atoms with Crippen LogP contribution in [0.3, 0.4) is 0 Å². The van der Waals surface area contributed by atoms with Gasteiger partial charge >= 0.3 is 6.03 Å². The number of benzene rings is 2. The van der Waals surface area contributed by atoms with Crippen LogP contribution in [0, 0.1) is 13.8 Å². The molecule has 254 valence electrons. The lowest BCUT2D eigenvalue weighted by molar-refractivity contribution is -0.956. The summed E-state index contributed by atoms with van der Waals surface area (Å²) in [5, 5.41) is 27.3. The van der Waals surface area contributed by atoms with E-state index >= 15 is 0 Å². The van der Waals surface area contributed by atoms with Crippen LogP contribution in [-0.4, -0.2) is 99.7 Å². The fraction of sp³-hybridized carbons (Fsp3) is 0.595. The molecular weight excluding hydrogens is 594 g/mol. The number of aromatic hydroxyl groups is 1. The highest BCUT2D eigenvalue weighted by Crippen LogP contribution is 2.45. The Labute approximate surface area is 278 Å². The number of carbonyl (C=O) groups is 3. The lowest BCUT2D eigenvalue weighted by Crippen LogP contribution is -2.81. The Morgan fingerprint density at radius 3 is 2.34 bits per heavy atom. The van der Waals surface area contributed by atoms with Gasteiger partial charge in [-0.05, 0) is 68.0 Å². The molecule has 47 heavy (non-hydrogen) atoms. The summed E-state index contributed by atoms with van der Waals surface area (Å²) in [6, 6.07) is 11.7. The van der Waals surface area contributed by atoms with Crippen LogP contribution in [0.4, 0.5) is 15.3 Å². The summed E-state index contributed by atoms with van der Waals surface area (Å²) in [5.74, 6) is 0.203. The third-order valence-electron chi connectivity index (χ3n) is 11.8. The summed E-state index contributed by atoms with van der Waals surface area (Å²) in [6.07, 6.45) is 8.69. The standard InChI is InChI=1S/C37H51N5O5/c1-27-23-29(24-28(2)34(27)44)26-42(36(46)47)21-14-32(41-16-13-30-9-7-8-12-33(30)38-35(41)45)25-37(42,15-22-43)40-19-17-39(18-20-40)31-10-5-3-4-6-11-31/h7-9,12,22-24,31-32H,3-6,10-11,13-21,25-26H2,1-2H3,(H2-,38,44,45,46,47)/t32?,37?,42-/m0/s1. The average molecular weight is 646 g/mol. The number of piperazine rings is 1. The topological polar surface area (TPSA) is 116 Å². The number of phenols is 1. The van der Waals surface area contributed by atoms with E-state index in [0.717, 1.165) is 36.2 Å². The lowest BCUT2D eigenvalue weighted by Gasteiger charge is -2.62. The van der Waals surface area contributed by atoms with E-state index in [2.05, 4.69) is 15.1 Å². The van der Waals surface area contributed by atoms with Crippen LogP contribution in [-0.2, 0) is 17.8 Å². The molecule has 0 bridgehead atoms. The minimum Gasteiger partial charge on any atom is -0.507 e. The van der Waals surface area contributed by atoms with E-state index < -0.39 is 16.2 Å². The number of aldehydes is 1. The van der Waals surface area contributed by atoms with Crippen LogP contribution in [0.25, 0.3) is 0 Å². The van der Waals surface area contributed by atoms with E-state index in [1.807, 2.05) is 55.1 Å². The predicted molar refractivity (Wildman–Crippen MR) is 179 cm³/mol. The lowest BCUT2D eigenvalue weighted by atomic mass is 9.82. The molecule has 2 saturated heterocycles. The van der Waals surface area contributed by atoms with E-state index in [-0.39, 0.29) is 37.3 Å². The molecule has 3 fully saturated rings. The average Bonchev–Trinajstić information content (AvgIpc) is 3.44. The monoisotopic (exact) mass is 645 g/mol. The summed E-state index contributed by atoms with van der Waals surface area (Å²) >= 11 is 0. The number of carboxylic acid groups (broad SMARTS) is 1. The molecule has 2 N–H and O–H groups in total. The second-order valence-corrected chi connectivity index (χ2v) is 14.4. The number of hydrogen-bond acceptors (Lipinski definition) is 7. The Kier molecular flexibility index (Phi) is 9.92. The maximum Gasteiger partial charge on any atom is 0.322 e. The second kappa shape index (κ2) is 13.9. The molecule has 1 aliphatic carbocycles. The second-order valence-electron chi connectivity index (χ2n) is 14.4. The Hall–Kier alpha value is -3.47. The van der Waals surface area contributed by atoms with Gasteiger partial charge in [-0.3, -0.25) is 9.38 Å². The number of phenolic OH excluding ortho intramolecular Hbond substituents is 1. The van der Waals surface area contributed by atoms with E-state index in [1.54, 1.807) is 0 Å². The third kappa shape index (κ3) is 6.39. The number of urea groups is 1. The molecule has 0 spiro atoms. The van der Waals surface area contributed by atoms with Gasteiger partial charge in [-0.15, -0.1) is 0 Å². The molecule has 2 aromatic rings. The maximum absolute atomic E-state index is 13.7. The Bertz CT molecular complexity index is 1440. The van der Waals surface area contributed by atoms with E-state index in [0.29, 0.717) is 56.1 Å². The number of carbonyl (C=O) groups excluding carboxylic acids is 3. The Morgan fingerprint density at radius 1 is 1.00 bits per heavy atom. The highest BCUT2D eigenvalue weighted by atomic mass is 16.4. The number of hydrogen-bond donors (Lipinski definition) is 2. The number of quaternary nitrogens is 1. The number of anilines is 1. The van der Waals surface area contributed by atoms with Gasteiger partial charge < -0.3 is 30.0 Å². The zero-order chi connectivity index (χ0) is 33.2. The molecule has 3 amide bonds. The quantitative estimate of drug-likeness (QED) is 0.258. The zero-order valence-electron chi connectivity index (χ0n) is 28.1. The zero-order valence-corrected chi connectivity index (χ0v) is 28.1. The van der Waals surface area contributed by atoms with Gasteiger partial charge in [0.05, 0.1) is 13.0 Å². The van der Waals surface area contributed by atoms with Crippen LogP contribution in [0.5, 0.6) is 5.75 Å². The molecule has 2 aromatic carbocycles. The fourth-order valence-electron chi connectivity index (χ4n) is 9.28. The molecule has 10 heteroatoms. The van der Waals surface area contributed by atoms with Gasteiger partial charge in [-0.2, -0.15) is 0 Å². The van der Waals surface area contributed by atoms with Crippen molar-refractivity contribution in [1.29, 1.82) is 0 Å². The molecule has 3 atom stereocenters. The van der Waals surface area contributed by atoms with Gasteiger partial charge in [-0.25, -0.2) is 9.69 Å². The molecular formula is C37H51N5O5. The third-order valence-corrected chi connectivity index (χ3v) is 11.8. The van der Waals surface area contributed by atoms with Crippen molar-refractivity contribution in [3.05, 3.63) is 58.7 Å². The molecule has 3 aliphatic heterocycles. The van der Waals surface area contributed by atoms with Gasteiger partial charge in [0.15, 0.2) is 5.66 Å². The molecule has 2 unspecified atom stereocenters. The summed E-state index contributed by atoms with van der Waals surface area (Å²) in [7, 11) is 0. The van der Waals surface area contributed by atoms with Crippen molar-refractivity contribution in [3.63, 3.8) is 0 Å². The summed E-state index contributed by atoms with van der Waals surface area (Å²) in [4.78, 5) is 46.9. The number of likely N-dealkylation sites (tertiary alicyclic amines) is 1. The molecule has 0 radical (unpaired) electrons. The van der Waals surface area contributed by atoms with Crippen molar-refractivity contribution >= 4 is 24.1 Å². The van der Waals surface area contributed by atoms with Crippen molar-refractivity contribution in [2.24, 2.45) is 0 Å². The summed E-state index contributed by atoms with van der Waals surface area (Å²) < 4.78 is -0.412. The number of piperidine rings is 1. The first kappa shape index (κ1) is 33.4. The van der Waals surface area contributed by atoms with Crippen LogP contribution in [0.1, 0.15) is 80.0 Å². The highest BCUT2D eigenvalue weighted by molar-refractivity contribution is 5.91. The minimum atomic E-state index is -1.20. The van der Waals surface area contributed by atoms with Crippen LogP contribution in [0.15, 0.2) is 36.4 Å². The Morgan fingerprint density at radius 2 is 1.68 bits per heavy atom. The van der Waals surface area contributed by atoms with Gasteiger partial charge in [-0.1, -0.05) is 43.9 Å². The molecule has 10 nitrogen and oxygen atoms in total. The van der Waals surface area contributed by atoms with Crippen molar-refractivity contribution in [2.45, 2.75) is 102 Å². The van der Waals surface area contributed by atoms with Gasteiger partial charge in [0.1, 0.15) is 18.6 Å². The van der Waals surface area contributed by atoms with E-state index in [4.69, 9.17) is 0 Å². The molecule has 4 aliphatic rings. The van der Waals surface area contributed by atoms with Crippen molar-refractivity contribution in [3.8, 4) is 5.75 Å². The molecule has 6 rings (SSSR count). The van der Waals surface area contributed by atoms with Gasteiger partial charge in [0, 0.05) is 68.9 Å². The first-order valence-electron chi connectivity index (χ1n) is 17.6. The van der Waals surface area contributed by atoms with Crippen molar-refractivity contribution in [1.82, 2.24) is 14.7 Å². The molecule has 3 heterocycles. The van der Waals surface area contributed by atoms with Crippen molar-refractivity contribution < 1.29 is 29.1 Å². The van der Waals surface area contributed by atoms with E-state index in [1.165, 1.54) is 38.5 Å². The normalized spacial score (nSPS) is 28.2. The van der Waals surface area contributed by atoms with Gasteiger partial charge in [0.2, 0.25) is 0 Å². The number of para-hydroxylation sites is 1. The number of nitrogens with one attached hydrogen (secondary N) is 1. The number of rotatable bonds is 7. The van der Waals surface area contributed by atoms with Gasteiger partial charge in [0.25, 0.3) is 6.09 Å². The minimum absolute atomic E-state index is 0.0205. The highest BCUT2D eigenvalue weighted by Gasteiger charge is 2.61. The first-order chi connectivity index (χ1) is 22.7. The summed E-state index contributed by atoms with van der Waals surface area (Å²) in [5.41, 5.74) is 2.93. The van der Waals surface area contributed by atoms with Crippen LogP contribution >= 0.6 is 0 Å². The number of nitrogens with zero attached hydrogens (tertiary/aromatic N) is 4. The largest absolute Gasteiger partial charge is 0.507 e. The van der Waals surface area contributed by atoms with Crippen LogP contribution in [0.2, 0.25) is 0 Å². The smallest absolute Gasteiger partial charge is 0.322 e. The Balaban J connectivity index is 1.36. The predicted octanol–water partition coefficient (Wildman–Crippen LogP) is 4.55. The fourth-order valence-corrected chi connectivity index (χ4v) is 9.28.